The van der Waals surface area contributed by atoms with Crippen molar-refractivity contribution in [3.8, 4) is 5.75 Å². The topological polar surface area (TPSA) is 38.3 Å². The van der Waals surface area contributed by atoms with E-state index in [1.54, 1.807) is 18.9 Å². The zero-order valence-corrected chi connectivity index (χ0v) is 13.6. The third kappa shape index (κ3) is 2.83. The van der Waals surface area contributed by atoms with Gasteiger partial charge in [-0.2, -0.15) is 0 Å². The Kier molecular flexibility index (Phi) is 4.39. The number of methoxy groups -OCH3 is 1. The molecule has 0 saturated heterocycles. The van der Waals surface area contributed by atoms with Crippen LogP contribution in [-0.2, 0) is 6.42 Å². The van der Waals surface area contributed by atoms with Gasteiger partial charge < -0.3 is 10.1 Å². The van der Waals surface area contributed by atoms with Crippen LogP contribution >= 0.6 is 11.8 Å². The Balaban J connectivity index is 1.81. The maximum atomic E-state index is 12.6. The van der Waals surface area contributed by atoms with E-state index in [1.807, 2.05) is 36.6 Å². The van der Waals surface area contributed by atoms with Gasteiger partial charge in [-0.05, 0) is 48.4 Å². The summed E-state index contributed by atoms with van der Waals surface area (Å²) in [5, 5.41) is 3.14. The molecular weight excluding hydrogens is 294 g/mol. The number of hydrogen-bond acceptors (Lipinski definition) is 3. The molecule has 1 aliphatic carbocycles. The molecule has 0 radical (unpaired) electrons. The average molecular weight is 313 g/mol. The lowest BCUT2D eigenvalue weighted by atomic mass is 10.1. The number of amides is 1. The molecule has 2 aromatic rings. The van der Waals surface area contributed by atoms with Crippen molar-refractivity contribution in [2.45, 2.75) is 23.8 Å². The molecule has 0 aromatic heterocycles. The van der Waals surface area contributed by atoms with Crippen LogP contribution in [-0.4, -0.2) is 19.3 Å². The quantitative estimate of drug-likeness (QED) is 0.872. The van der Waals surface area contributed by atoms with E-state index < -0.39 is 0 Å². The van der Waals surface area contributed by atoms with Crippen LogP contribution < -0.4 is 10.1 Å². The van der Waals surface area contributed by atoms with Gasteiger partial charge >= 0.3 is 0 Å². The molecule has 4 heteroatoms. The number of carbonyl (C=O) groups excluding carboxylic acids is 1. The fraction of sp³-hybridized carbons (Fsp3) is 0.278. The Hall–Kier alpha value is -1.94. The van der Waals surface area contributed by atoms with Gasteiger partial charge in [0.2, 0.25) is 0 Å². The van der Waals surface area contributed by atoms with Gasteiger partial charge in [-0.1, -0.05) is 24.3 Å². The van der Waals surface area contributed by atoms with E-state index in [2.05, 4.69) is 17.4 Å². The van der Waals surface area contributed by atoms with Gasteiger partial charge in [0.1, 0.15) is 5.75 Å². The van der Waals surface area contributed by atoms with Crippen LogP contribution in [0.5, 0.6) is 5.75 Å². The molecule has 0 heterocycles. The molecule has 0 bridgehead atoms. The SMILES string of the molecule is COc1cc(SC)ccc1C(=O)N[C@@H]1CCc2ccccc21. The second kappa shape index (κ2) is 6.44. The summed E-state index contributed by atoms with van der Waals surface area (Å²) in [6, 6.07) is 14.1. The highest BCUT2D eigenvalue weighted by Crippen LogP contribution is 2.32. The van der Waals surface area contributed by atoms with E-state index in [0.717, 1.165) is 17.7 Å². The zero-order valence-electron chi connectivity index (χ0n) is 12.8. The first kappa shape index (κ1) is 15.0. The first-order valence-corrected chi connectivity index (χ1v) is 8.56. The summed E-state index contributed by atoms with van der Waals surface area (Å²) in [4.78, 5) is 13.7. The molecule has 114 valence electrons. The van der Waals surface area contributed by atoms with Crippen LogP contribution in [0, 0.1) is 0 Å². The molecule has 1 N–H and O–H groups in total. The molecule has 0 spiro atoms. The number of fused-ring (bicyclic) bond motifs is 1. The Morgan fingerprint density at radius 1 is 1.27 bits per heavy atom. The third-order valence-corrected chi connectivity index (χ3v) is 4.82. The van der Waals surface area contributed by atoms with Crippen LogP contribution in [0.15, 0.2) is 47.4 Å². The number of thioether (sulfide) groups is 1. The summed E-state index contributed by atoms with van der Waals surface area (Å²) < 4.78 is 5.37. The third-order valence-electron chi connectivity index (χ3n) is 4.09. The minimum Gasteiger partial charge on any atom is -0.496 e. The smallest absolute Gasteiger partial charge is 0.255 e. The molecule has 3 rings (SSSR count). The van der Waals surface area contributed by atoms with Crippen molar-refractivity contribution in [1.82, 2.24) is 5.32 Å². The van der Waals surface area contributed by atoms with Crippen LogP contribution in [0.2, 0.25) is 0 Å². The number of rotatable bonds is 4. The predicted molar refractivity (Wildman–Crippen MR) is 89.7 cm³/mol. The number of benzene rings is 2. The maximum Gasteiger partial charge on any atom is 0.255 e. The molecule has 0 aliphatic heterocycles. The molecule has 2 aromatic carbocycles. The van der Waals surface area contributed by atoms with E-state index in [4.69, 9.17) is 4.74 Å². The van der Waals surface area contributed by atoms with E-state index >= 15 is 0 Å². The minimum atomic E-state index is -0.0776. The summed E-state index contributed by atoms with van der Waals surface area (Å²) in [6.07, 6.45) is 3.98. The largest absolute Gasteiger partial charge is 0.496 e. The zero-order chi connectivity index (χ0) is 15.5. The second-order valence-electron chi connectivity index (χ2n) is 5.33. The normalized spacial score (nSPS) is 16.2. The van der Waals surface area contributed by atoms with Crippen molar-refractivity contribution < 1.29 is 9.53 Å². The first-order valence-electron chi connectivity index (χ1n) is 7.33. The van der Waals surface area contributed by atoms with Gasteiger partial charge in [0.15, 0.2) is 0 Å². The van der Waals surface area contributed by atoms with Crippen LogP contribution in [0.25, 0.3) is 0 Å². The molecule has 0 saturated carbocycles. The molecule has 1 amide bonds. The number of nitrogens with one attached hydrogen (secondary N) is 1. The van der Waals surface area contributed by atoms with Gasteiger partial charge in [-0.3, -0.25) is 4.79 Å². The van der Waals surface area contributed by atoms with Crippen molar-refractivity contribution in [2.24, 2.45) is 0 Å². The average Bonchev–Trinajstić information content (AvgIpc) is 2.97. The summed E-state index contributed by atoms with van der Waals surface area (Å²) in [5.41, 5.74) is 3.15. The predicted octanol–water partition coefficient (Wildman–Crippen LogP) is 3.83. The maximum absolute atomic E-state index is 12.6. The second-order valence-corrected chi connectivity index (χ2v) is 6.21. The van der Waals surface area contributed by atoms with Gasteiger partial charge in [-0.25, -0.2) is 0 Å². The van der Waals surface area contributed by atoms with E-state index in [9.17, 15) is 4.79 Å². The first-order chi connectivity index (χ1) is 10.7. The lowest BCUT2D eigenvalue weighted by molar-refractivity contribution is 0.0933. The fourth-order valence-electron chi connectivity index (χ4n) is 2.93. The Bertz CT molecular complexity index is 699. The number of aryl methyl sites for hydroxylation is 1. The number of ether oxygens (including phenoxy) is 1. The van der Waals surface area contributed by atoms with Crippen molar-refractivity contribution in [2.75, 3.05) is 13.4 Å². The van der Waals surface area contributed by atoms with Crippen molar-refractivity contribution >= 4 is 17.7 Å². The summed E-state index contributed by atoms with van der Waals surface area (Å²) >= 11 is 1.63. The van der Waals surface area contributed by atoms with E-state index in [0.29, 0.717) is 11.3 Å². The highest BCUT2D eigenvalue weighted by molar-refractivity contribution is 7.98. The fourth-order valence-corrected chi connectivity index (χ4v) is 3.36. The molecule has 3 nitrogen and oxygen atoms in total. The standard InChI is InChI=1S/C18H19NO2S/c1-21-17-11-13(22-2)8-9-15(17)18(20)19-16-10-7-12-5-3-4-6-14(12)16/h3-6,8-9,11,16H,7,10H2,1-2H3,(H,19,20)/t16-/m1/s1. The number of hydrogen-bond donors (Lipinski definition) is 1. The van der Waals surface area contributed by atoms with Crippen LogP contribution in [0.4, 0.5) is 0 Å². The van der Waals surface area contributed by atoms with E-state index in [-0.39, 0.29) is 11.9 Å². The van der Waals surface area contributed by atoms with Gasteiger partial charge in [-0.15, -0.1) is 11.8 Å². The molecule has 0 fully saturated rings. The molecule has 0 unspecified atom stereocenters. The van der Waals surface area contributed by atoms with Gasteiger partial charge in [0.25, 0.3) is 5.91 Å². The van der Waals surface area contributed by atoms with Gasteiger partial charge in [0.05, 0.1) is 18.7 Å². The van der Waals surface area contributed by atoms with Crippen molar-refractivity contribution in [3.63, 3.8) is 0 Å². The summed E-state index contributed by atoms with van der Waals surface area (Å²) in [7, 11) is 1.60. The van der Waals surface area contributed by atoms with E-state index in [1.165, 1.54) is 11.1 Å². The summed E-state index contributed by atoms with van der Waals surface area (Å²) in [5.74, 6) is 0.543. The monoisotopic (exact) mass is 313 g/mol. The Morgan fingerprint density at radius 3 is 2.86 bits per heavy atom. The lowest BCUT2D eigenvalue weighted by Crippen LogP contribution is -2.27. The molecule has 1 atom stereocenters. The van der Waals surface area contributed by atoms with Crippen molar-refractivity contribution in [3.05, 3.63) is 59.2 Å². The van der Waals surface area contributed by atoms with Crippen LogP contribution in [0.3, 0.4) is 0 Å². The Labute approximate surface area is 135 Å². The summed E-state index contributed by atoms with van der Waals surface area (Å²) in [6.45, 7) is 0. The van der Waals surface area contributed by atoms with Crippen molar-refractivity contribution in [1.29, 1.82) is 0 Å². The Morgan fingerprint density at radius 2 is 2.09 bits per heavy atom. The molecule has 22 heavy (non-hydrogen) atoms. The minimum absolute atomic E-state index is 0.0776. The van der Waals surface area contributed by atoms with Crippen LogP contribution in [0.1, 0.15) is 33.9 Å². The lowest BCUT2D eigenvalue weighted by Gasteiger charge is -2.16. The van der Waals surface area contributed by atoms with Gasteiger partial charge in [0, 0.05) is 4.90 Å². The highest BCUT2D eigenvalue weighted by Gasteiger charge is 2.24. The molecule has 1 aliphatic rings. The molecular formula is C18H19NO2S. The number of carbonyl (C=O) groups is 1. The highest BCUT2D eigenvalue weighted by atomic mass is 32.2.